The number of hydrogen-bond acceptors (Lipinski definition) is 3. The maximum absolute atomic E-state index is 12.8. The van der Waals surface area contributed by atoms with Gasteiger partial charge in [-0.2, -0.15) is 0 Å². The Labute approximate surface area is 176 Å². The zero-order valence-electron chi connectivity index (χ0n) is 16.7. The van der Waals surface area contributed by atoms with Gasteiger partial charge in [-0.05, 0) is 44.0 Å². The summed E-state index contributed by atoms with van der Waals surface area (Å²) in [5.41, 5.74) is -0.0736. The molecule has 0 spiro atoms. The summed E-state index contributed by atoms with van der Waals surface area (Å²) in [6.45, 7) is 8.03. The molecule has 1 aromatic rings. The maximum Gasteiger partial charge on any atom is 0.248 e. The van der Waals surface area contributed by atoms with Crippen LogP contribution in [0, 0.1) is 11.3 Å². The van der Waals surface area contributed by atoms with Crippen molar-refractivity contribution in [2.24, 2.45) is 11.3 Å². The number of amides is 3. The molecule has 1 aliphatic rings. The Kier molecular flexibility index (Phi) is 7.34. The lowest BCUT2D eigenvalue weighted by atomic mass is 9.94. The SMILES string of the molecule is CC(C)CN(CC(=O)N1CC(=O)N(c2ccc(Cl)cc2)C1)C(=O)C(C)(C)CCl. The molecule has 1 aromatic carbocycles. The molecule has 0 radical (unpaired) electrons. The van der Waals surface area contributed by atoms with E-state index in [0.29, 0.717) is 17.3 Å². The Balaban J connectivity index is 2.10. The summed E-state index contributed by atoms with van der Waals surface area (Å²) in [5, 5.41) is 0.577. The lowest BCUT2D eigenvalue weighted by Crippen LogP contribution is -2.48. The second-order valence-corrected chi connectivity index (χ2v) is 8.83. The van der Waals surface area contributed by atoms with E-state index in [1.165, 1.54) is 9.80 Å². The van der Waals surface area contributed by atoms with Crippen molar-refractivity contribution in [1.29, 1.82) is 0 Å². The van der Waals surface area contributed by atoms with Gasteiger partial charge in [0, 0.05) is 23.1 Å². The fourth-order valence-electron chi connectivity index (χ4n) is 2.97. The van der Waals surface area contributed by atoms with Crippen molar-refractivity contribution >= 4 is 46.6 Å². The molecule has 6 nitrogen and oxygen atoms in total. The topological polar surface area (TPSA) is 60.9 Å². The van der Waals surface area contributed by atoms with Crippen LogP contribution in [-0.4, -0.2) is 59.7 Å². The first-order chi connectivity index (χ1) is 13.0. The first-order valence-electron chi connectivity index (χ1n) is 9.24. The molecular formula is C20H27Cl2N3O3. The highest BCUT2D eigenvalue weighted by molar-refractivity contribution is 6.30. The number of anilines is 1. The third-order valence-corrected chi connectivity index (χ3v) is 5.46. The molecule has 154 valence electrons. The third-order valence-electron chi connectivity index (χ3n) is 4.54. The highest BCUT2D eigenvalue weighted by atomic mass is 35.5. The van der Waals surface area contributed by atoms with E-state index in [4.69, 9.17) is 23.2 Å². The van der Waals surface area contributed by atoms with Crippen molar-refractivity contribution in [3.63, 3.8) is 0 Å². The van der Waals surface area contributed by atoms with E-state index >= 15 is 0 Å². The molecule has 1 saturated heterocycles. The molecule has 28 heavy (non-hydrogen) atoms. The minimum absolute atomic E-state index is 0.00985. The van der Waals surface area contributed by atoms with Gasteiger partial charge in [0.2, 0.25) is 17.7 Å². The summed E-state index contributed by atoms with van der Waals surface area (Å²) in [5.74, 6) is -0.220. The van der Waals surface area contributed by atoms with Gasteiger partial charge in [-0.1, -0.05) is 25.4 Å². The Morgan fingerprint density at radius 1 is 1.21 bits per heavy atom. The number of nitrogens with zero attached hydrogens (tertiary/aromatic N) is 3. The van der Waals surface area contributed by atoms with Gasteiger partial charge >= 0.3 is 0 Å². The van der Waals surface area contributed by atoms with E-state index in [1.807, 2.05) is 13.8 Å². The molecule has 3 amide bonds. The van der Waals surface area contributed by atoms with Crippen LogP contribution in [0.1, 0.15) is 27.7 Å². The molecular weight excluding hydrogens is 401 g/mol. The summed E-state index contributed by atoms with van der Waals surface area (Å²) in [6.07, 6.45) is 0. The predicted molar refractivity (Wildman–Crippen MR) is 111 cm³/mol. The van der Waals surface area contributed by atoms with Crippen LogP contribution in [0.5, 0.6) is 0 Å². The molecule has 0 unspecified atom stereocenters. The molecule has 0 bridgehead atoms. The molecule has 1 fully saturated rings. The smallest absolute Gasteiger partial charge is 0.248 e. The normalized spacial score (nSPS) is 14.8. The zero-order chi connectivity index (χ0) is 21.1. The Bertz CT molecular complexity index is 735. The monoisotopic (exact) mass is 427 g/mol. The molecule has 0 atom stereocenters. The highest BCUT2D eigenvalue weighted by Gasteiger charge is 2.36. The van der Waals surface area contributed by atoms with Gasteiger partial charge in [0.1, 0.15) is 13.2 Å². The molecule has 0 saturated carbocycles. The van der Waals surface area contributed by atoms with Gasteiger partial charge in [0.25, 0.3) is 0 Å². The van der Waals surface area contributed by atoms with Crippen molar-refractivity contribution in [2.45, 2.75) is 27.7 Å². The molecule has 0 aliphatic carbocycles. The minimum Gasteiger partial charge on any atom is -0.333 e. The van der Waals surface area contributed by atoms with E-state index in [-0.39, 0.29) is 49.3 Å². The van der Waals surface area contributed by atoms with Crippen LogP contribution in [0.2, 0.25) is 5.02 Å². The quantitative estimate of drug-likeness (QED) is 0.627. The molecule has 1 aliphatic heterocycles. The summed E-state index contributed by atoms with van der Waals surface area (Å²) in [6, 6.07) is 6.88. The van der Waals surface area contributed by atoms with Gasteiger partial charge in [0.15, 0.2) is 0 Å². The average Bonchev–Trinajstić information content (AvgIpc) is 3.02. The second-order valence-electron chi connectivity index (χ2n) is 8.13. The summed E-state index contributed by atoms with van der Waals surface area (Å²) in [7, 11) is 0. The number of carbonyl (C=O) groups is 3. The van der Waals surface area contributed by atoms with Crippen molar-refractivity contribution in [3.05, 3.63) is 29.3 Å². The number of carbonyl (C=O) groups excluding carboxylic acids is 3. The molecule has 0 aromatic heterocycles. The van der Waals surface area contributed by atoms with Gasteiger partial charge in [-0.3, -0.25) is 19.3 Å². The molecule has 8 heteroatoms. The van der Waals surface area contributed by atoms with E-state index in [0.717, 1.165) is 0 Å². The largest absolute Gasteiger partial charge is 0.333 e. The third kappa shape index (κ3) is 5.39. The molecule has 0 N–H and O–H groups in total. The highest BCUT2D eigenvalue weighted by Crippen LogP contribution is 2.24. The van der Waals surface area contributed by atoms with Gasteiger partial charge in [-0.15, -0.1) is 11.6 Å². The van der Waals surface area contributed by atoms with Gasteiger partial charge < -0.3 is 9.80 Å². The number of alkyl halides is 1. The van der Waals surface area contributed by atoms with Crippen molar-refractivity contribution < 1.29 is 14.4 Å². The fourth-order valence-corrected chi connectivity index (χ4v) is 3.21. The standard InChI is InChI=1S/C20H27Cl2N3O3/c1-14(2)9-23(19(28)20(3,4)12-21)10-17(26)24-11-18(27)25(13-24)16-7-5-15(22)6-8-16/h5-8,14H,9-13H2,1-4H3. The minimum atomic E-state index is -0.757. The number of halogens is 2. The summed E-state index contributed by atoms with van der Waals surface area (Å²) < 4.78 is 0. The summed E-state index contributed by atoms with van der Waals surface area (Å²) >= 11 is 11.8. The van der Waals surface area contributed by atoms with Crippen LogP contribution in [0.3, 0.4) is 0 Å². The zero-order valence-corrected chi connectivity index (χ0v) is 18.3. The average molecular weight is 428 g/mol. The molecule has 2 rings (SSSR count). The van der Waals surface area contributed by atoms with E-state index in [2.05, 4.69) is 0 Å². The Morgan fingerprint density at radius 2 is 1.82 bits per heavy atom. The Morgan fingerprint density at radius 3 is 2.36 bits per heavy atom. The van der Waals surface area contributed by atoms with Crippen molar-refractivity contribution in [3.8, 4) is 0 Å². The van der Waals surface area contributed by atoms with Crippen molar-refractivity contribution in [1.82, 2.24) is 9.80 Å². The molecule has 1 heterocycles. The lowest BCUT2D eigenvalue weighted by Gasteiger charge is -2.32. The first kappa shape index (κ1) is 22.5. The number of hydrogen-bond donors (Lipinski definition) is 0. The van der Waals surface area contributed by atoms with Crippen LogP contribution in [0.4, 0.5) is 5.69 Å². The van der Waals surface area contributed by atoms with Crippen molar-refractivity contribution in [2.75, 3.05) is 37.1 Å². The van der Waals surface area contributed by atoms with E-state index in [1.54, 1.807) is 43.0 Å². The van der Waals surface area contributed by atoms with Crippen LogP contribution in [-0.2, 0) is 14.4 Å². The Hall–Kier alpha value is -1.79. The fraction of sp³-hybridized carbons (Fsp3) is 0.550. The van der Waals surface area contributed by atoms with Crippen LogP contribution in [0.15, 0.2) is 24.3 Å². The van der Waals surface area contributed by atoms with E-state index in [9.17, 15) is 14.4 Å². The van der Waals surface area contributed by atoms with Gasteiger partial charge in [0.05, 0.1) is 12.0 Å². The first-order valence-corrected chi connectivity index (χ1v) is 10.2. The number of benzene rings is 1. The van der Waals surface area contributed by atoms with E-state index < -0.39 is 5.41 Å². The lowest BCUT2D eigenvalue weighted by molar-refractivity contribution is -0.145. The maximum atomic E-state index is 12.8. The summed E-state index contributed by atoms with van der Waals surface area (Å²) in [4.78, 5) is 42.6. The van der Waals surface area contributed by atoms with Gasteiger partial charge in [-0.25, -0.2) is 0 Å². The number of rotatable bonds is 7. The second kappa shape index (κ2) is 9.14. The predicted octanol–water partition coefficient (Wildman–Crippen LogP) is 3.22. The van der Waals surface area contributed by atoms with Crippen LogP contribution in [0.25, 0.3) is 0 Å². The van der Waals surface area contributed by atoms with Crippen LogP contribution < -0.4 is 4.90 Å². The van der Waals surface area contributed by atoms with Crippen LogP contribution >= 0.6 is 23.2 Å².